The number of ether oxygens (including phenoxy) is 2. The average molecular weight is 641 g/mol. The molecule has 2 unspecified atom stereocenters. The first kappa shape index (κ1) is 33.3. The van der Waals surface area contributed by atoms with Crippen LogP contribution in [0.4, 0.5) is 0 Å². The number of carbonyl (C=O) groups excluding carboxylic acids is 1. The Morgan fingerprint density at radius 2 is 1.64 bits per heavy atom. The van der Waals surface area contributed by atoms with Crippen molar-refractivity contribution in [1.29, 1.82) is 0 Å². The molecule has 3 aromatic rings. The largest absolute Gasteiger partial charge is 0.481 e. The van der Waals surface area contributed by atoms with Gasteiger partial charge in [-0.25, -0.2) is 0 Å². The Hall–Kier alpha value is -3.56. The smallest absolute Gasteiger partial charge is 0.303 e. The molecule has 2 saturated heterocycles. The predicted molar refractivity (Wildman–Crippen MR) is 180 cm³/mol. The Kier molecular flexibility index (Phi) is 9.85. The van der Waals surface area contributed by atoms with Crippen LogP contribution in [0.3, 0.4) is 0 Å². The monoisotopic (exact) mass is 640 g/mol. The van der Waals surface area contributed by atoms with Crippen molar-refractivity contribution in [3.8, 4) is 11.1 Å². The molecular weight excluding hydrogens is 592 g/mol. The zero-order valence-corrected chi connectivity index (χ0v) is 27.8. The molecule has 1 aliphatic carbocycles. The zero-order chi connectivity index (χ0) is 33.2. The zero-order valence-electron chi connectivity index (χ0n) is 27.8. The van der Waals surface area contributed by atoms with Gasteiger partial charge in [-0.2, -0.15) is 0 Å². The third-order valence-corrected chi connectivity index (χ3v) is 10.1. The number of carbonyl (C=O) groups is 2. The highest BCUT2D eigenvalue weighted by Crippen LogP contribution is 2.53. The number of fused-ring (bicyclic) bond motifs is 2. The summed E-state index contributed by atoms with van der Waals surface area (Å²) in [4.78, 5) is 25.4. The van der Waals surface area contributed by atoms with Crippen molar-refractivity contribution in [2.75, 3.05) is 13.1 Å². The highest BCUT2D eigenvalue weighted by molar-refractivity contribution is 5.80. The number of carboxylic acid groups (broad SMARTS) is 1. The highest BCUT2D eigenvalue weighted by Gasteiger charge is 2.50. The van der Waals surface area contributed by atoms with Gasteiger partial charge in [0, 0.05) is 44.1 Å². The van der Waals surface area contributed by atoms with E-state index in [0.717, 1.165) is 52.9 Å². The lowest BCUT2D eigenvalue weighted by molar-refractivity contribution is -0.253. The molecule has 1 saturated carbocycles. The number of likely N-dealkylation sites (tertiary alicyclic amines) is 1. The van der Waals surface area contributed by atoms with Gasteiger partial charge in [0.1, 0.15) is 0 Å². The van der Waals surface area contributed by atoms with E-state index in [1.54, 1.807) is 0 Å². The fourth-order valence-electron chi connectivity index (χ4n) is 8.29. The standard InChI is InChI=1S/C39H48N2O6/c1-38(2)19-32-20-39(3,24-38)25-41(32)22-33-18-34(29-9-7-26(23-42)8-10-29)47-37(46-33)30-13-11-28(12-14-30)31-6-4-5-27(17-31)21-40-35(43)15-16-36(44)45/h4-14,17,32-34,37,42H,15-16,18-25H2,1-3H3,(H,40,43)(H,44,45)/t32?,33-,34+,37+,39?/m0/s1. The lowest BCUT2D eigenvalue weighted by atomic mass is 9.65. The van der Waals surface area contributed by atoms with Crippen molar-refractivity contribution in [2.24, 2.45) is 10.8 Å². The molecule has 3 aromatic carbocycles. The lowest BCUT2D eigenvalue weighted by Gasteiger charge is -2.41. The molecule has 6 rings (SSSR count). The second-order valence-corrected chi connectivity index (χ2v) is 15.0. The molecule has 3 N–H and O–H groups in total. The summed E-state index contributed by atoms with van der Waals surface area (Å²) < 4.78 is 13.4. The molecule has 0 radical (unpaired) electrons. The van der Waals surface area contributed by atoms with Gasteiger partial charge >= 0.3 is 5.97 Å². The van der Waals surface area contributed by atoms with Crippen molar-refractivity contribution in [3.05, 3.63) is 95.1 Å². The summed E-state index contributed by atoms with van der Waals surface area (Å²) in [6.45, 7) is 9.64. The number of nitrogens with zero attached hydrogens (tertiary/aromatic N) is 1. The van der Waals surface area contributed by atoms with Gasteiger partial charge in [0.05, 0.1) is 25.2 Å². The van der Waals surface area contributed by atoms with E-state index in [9.17, 15) is 14.7 Å². The van der Waals surface area contributed by atoms with Gasteiger partial charge in [-0.1, -0.05) is 87.5 Å². The number of aliphatic carboxylic acids is 1. The number of hydrogen-bond donors (Lipinski definition) is 3. The Morgan fingerprint density at radius 3 is 2.36 bits per heavy atom. The Morgan fingerprint density at radius 1 is 0.894 bits per heavy atom. The maximum atomic E-state index is 12.0. The molecule has 250 valence electrons. The van der Waals surface area contributed by atoms with Gasteiger partial charge in [0.25, 0.3) is 0 Å². The van der Waals surface area contributed by atoms with E-state index in [2.05, 4.69) is 67.4 Å². The fourth-order valence-corrected chi connectivity index (χ4v) is 8.29. The summed E-state index contributed by atoms with van der Waals surface area (Å²) in [5.74, 6) is -1.26. The van der Waals surface area contributed by atoms with Gasteiger partial charge in [0.2, 0.25) is 5.91 Å². The topological polar surface area (TPSA) is 108 Å². The van der Waals surface area contributed by atoms with Crippen LogP contribution in [0.1, 0.15) is 93.9 Å². The minimum Gasteiger partial charge on any atom is -0.481 e. The molecule has 2 aliphatic heterocycles. The first-order valence-electron chi connectivity index (χ1n) is 16.9. The summed E-state index contributed by atoms with van der Waals surface area (Å²) in [6, 6.07) is 24.9. The molecule has 0 aromatic heterocycles. The Labute approximate surface area is 278 Å². The summed E-state index contributed by atoms with van der Waals surface area (Å²) in [7, 11) is 0. The van der Waals surface area contributed by atoms with E-state index in [1.165, 1.54) is 19.3 Å². The number of aliphatic hydroxyl groups excluding tert-OH is 1. The quantitative estimate of drug-likeness (QED) is 0.212. The van der Waals surface area contributed by atoms with Crippen molar-refractivity contribution in [1.82, 2.24) is 10.2 Å². The van der Waals surface area contributed by atoms with E-state index >= 15 is 0 Å². The first-order valence-corrected chi connectivity index (χ1v) is 16.9. The molecule has 3 fully saturated rings. The number of benzene rings is 3. The molecule has 8 heteroatoms. The number of aliphatic hydroxyl groups is 1. The van der Waals surface area contributed by atoms with E-state index in [4.69, 9.17) is 14.6 Å². The maximum absolute atomic E-state index is 12.0. The first-order chi connectivity index (χ1) is 22.5. The number of nitrogens with one attached hydrogen (secondary N) is 1. The van der Waals surface area contributed by atoms with Gasteiger partial charge in [-0.05, 0) is 64.0 Å². The van der Waals surface area contributed by atoms with Crippen LogP contribution in [-0.4, -0.2) is 52.2 Å². The summed E-state index contributed by atoms with van der Waals surface area (Å²) >= 11 is 0. The molecule has 3 aliphatic rings. The number of hydrogen-bond acceptors (Lipinski definition) is 6. The van der Waals surface area contributed by atoms with Gasteiger partial charge in [0.15, 0.2) is 6.29 Å². The second-order valence-electron chi connectivity index (χ2n) is 15.0. The van der Waals surface area contributed by atoms with Crippen LogP contribution in [0.2, 0.25) is 0 Å². The third kappa shape index (κ3) is 8.30. The second kappa shape index (κ2) is 13.9. The van der Waals surface area contributed by atoms with Crippen molar-refractivity contribution < 1.29 is 29.3 Å². The van der Waals surface area contributed by atoms with Crippen LogP contribution < -0.4 is 5.32 Å². The van der Waals surface area contributed by atoms with Crippen LogP contribution in [0.25, 0.3) is 11.1 Å². The molecule has 2 heterocycles. The van der Waals surface area contributed by atoms with Crippen LogP contribution in [-0.2, 0) is 32.2 Å². The molecule has 1 amide bonds. The van der Waals surface area contributed by atoms with E-state index in [-0.39, 0.29) is 37.6 Å². The van der Waals surface area contributed by atoms with E-state index in [0.29, 0.717) is 23.4 Å². The molecule has 0 spiro atoms. The third-order valence-electron chi connectivity index (χ3n) is 10.1. The van der Waals surface area contributed by atoms with Gasteiger partial charge in [-0.15, -0.1) is 0 Å². The minimum atomic E-state index is -0.982. The average Bonchev–Trinajstić information content (AvgIpc) is 3.29. The van der Waals surface area contributed by atoms with Gasteiger partial charge < -0.3 is 25.0 Å². The minimum absolute atomic E-state index is 0.0162. The maximum Gasteiger partial charge on any atom is 0.303 e. The molecular formula is C39H48N2O6. The van der Waals surface area contributed by atoms with Gasteiger partial charge in [-0.3, -0.25) is 14.5 Å². The summed E-state index contributed by atoms with van der Waals surface area (Å²) in [5, 5.41) is 21.2. The van der Waals surface area contributed by atoms with Crippen LogP contribution in [0.15, 0.2) is 72.8 Å². The summed E-state index contributed by atoms with van der Waals surface area (Å²) in [5.41, 5.74) is 6.66. The van der Waals surface area contributed by atoms with Crippen LogP contribution in [0, 0.1) is 10.8 Å². The SMILES string of the molecule is CC1(C)CC2CC(C)(CN2C[C@@H]2C[C@H](c3ccc(CO)cc3)O[C@H](c3ccc(-c4cccc(CNC(=O)CCC(=O)O)c4)cc3)O2)C1. The van der Waals surface area contributed by atoms with Crippen LogP contribution >= 0.6 is 0 Å². The highest BCUT2D eigenvalue weighted by atomic mass is 16.7. The lowest BCUT2D eigenvalue weighted by Crippen LogP contribution is -2.42. The van der Waals surface area contributed by atoms with Crippen molar-refractivity contribution in [3.63, 3.8) is 0 Å². The number of carboxylic acids is 1. The Bertz CT molecular complexity index is 1550. The number of rotatable bonds is 11. The fraction of sp³-hybridized carbons (Fsp3) is 0.487. The molecule has 2 bridgehead atoms. The molecule has 47 heavy (non-hydrogen) atoms. The van der Waals surface area contributed by atoms with E-state index in [1.807, 2.05) is 36.4 Å². The molecule has 5 atom stereocenters. The molecule has 8 nitrogen and oxygen atoms in total. The van der Waals surface area contributed by atoms with Crippen LogP contribution in [0.5, 0.6) is 0 Å². The Balaban J connectivity index is 1.17. The predicted octanol–water partition coefficient (Wildman–Crippen LogP) is 6.77. The summed E-state index contributed by atoms with van der Waals surface area (Å²) in [6.07, 6.45) is 3.69. The normalized spacial score (nSPS) is 27.0. The number of amides is 1. The van der Waals surface area contributed by atoms with Crippen molar-refractivity contribution >= 4 is 11.9 Å². The van der Waals surface area contributed by atoms with E-state index < -0.39 is 12.3 Å². The van der Waals surface area contributed by atoms with Crippen molar-refractivity contribution in [2.45, 2.75) is 97.0 Å².